The van der Waals surface area contributed by atoms with E-state index in [0.29, 0.717) is 26.1 Å². The topological polar surface area (TPSA) is 56.4 Å². The van der Waals surface area contributed by atoms with E-state index in [9.17, 15) is 9.59 Å². The zero-order valence-corrected chi connectivity index (χ0v) is 17.2. The lowest BCUT2D eigenvalue weighted by Crippen LogP contribution is -2.36. The van der Waals surface area contributed by atoms with Gasteiger partial charge in [0.15, 0.2) is 0 Å². The number of aromatic amines is 1. The van der Waals surface area contributed by atoms with Crippen LogP contribution in [0.15, 0.2) is 48.5 Å². The van der Waals surface area contributed by atoms with E-state index in [2.05, 4.69) is 24.0 Å². The first-order valence-electron chi connectivity index (χ1n) is 10.3. The molecule has 150 valence electrons. The molecule has 0 aliphatic carbocycles. The molecule has 0 saturated heterocycles. The van der Waals surface area contributed by atoms with Gasteiger partial charge >= 0.3 is 0 Å². The maximum atomic E-state index is 13.3. The number of rotatable bonds is 6. The van der Waals surface area contributed by atoms with E-state index in [-0.39, 0.29) is 17.9 Å². The van der Waals surface area contributed by atoms with Gasteiger partial charge in [0, 0.05) is 53.8 Å². The second kappa shape index (κ2) is 7.74. The highest BCUT2D eigenvalue weighted by atomic mass is 16.2. The maximum absolute atomic E-state index is 13.3. The number of carbonyl (C=O) groups is 2. The normalized spacial score (nSPS) is 15.8. The molecule has 1 aliphatic heterocycles. The number of para-hydroxylation sites is 1. The lowest BCUT2D eigenvalue weighted by molar-refractivity contribution is -0.131. The van der Waals surface area contributed by atoms with Crippen LogP contribution in [-0.2, 0) is 4.79 Å². The zero-order valence-electron chi connectivity index (χ0n) is 17.2. The summed E-state index contributed by atoms with van der Waals surface area (Å²) < 4.78 is 0. The van der Waals surface area contributed by atoms with Crippen molar-refractivity contribution in [1.29, 1.82) is 0 Å². The van der Waals surface area contributed by atoms with Crippen LogP contribution in [0.25, 0.3) is 10.9 Å². The van der Waals surface area contributed by atoms with Crippen LogP contribution in [0.3, 0.4) is 0 Å². The molecule has 0 saturated carbocycles. The number of aromatic nitrogens is 1. The van der Waals surface area contributed by atoms with E-state index in [0.717, 1.165) is 33.3 Å². The van der Waals surface area contributed by atoms with E-state index in [1.165, 1.54) is 0 Å². The first kappa shape index (κ1) is 19.2. The van der Waals surface area contributed by atoms with Crippen LogP contribution in [0.2, 0.25) is 0 Å². The van der Waals surface area contributed by atoms with Gasteiger partial charge in [-0.2, -0.15) is 0 Å². The van der Waals surface area contributed by atoms with Gasteiger partial charge in [0.2, 0.25) is 5.91 Å². The maximum Gasteiger partial charge on any atom is 0.255 e. The summed E-state index contributed by atoms with van der Waals surface area (Å²) in [5, 5.41) is 1.12. The van der Waals surface area contributed by atoms with Crippen molar-refractivity contribution >= 4 is 22.7 Å². The molecule has 2 amide bonds. The third-order valence-corrected chi connectivity index (χ3v) is 5.96. The predicted octanol–water partition coefficient (Wildman–Crippen LogP) is 4.28. The number of nitrogens with one attached hydrogen (secondary N) is 1. The fourth-order valence-electron chi connectivity index (χ4n) is 4.51. The predicted molar refractivity (Wildman–Crippen MR) is 115 cm³/mol. The summed E-state index contributed by atoms with van der Waals surface area (Å²) in [5.41, 5.74) is 4.99. The first-order chi connectivity index (χ1) is 14.1. The molecule has 1 aliphatic rings. The number of hydrogen-bond acceptors (Lipinski definition) is 2. The van der Waals surface area contributed by atoms with Gasteiger partial charge < -0.3 is 14.8 Å². The summed E-state index contributed by atoms with van der Waals surface area (Å²) in [6, 6.07) is 15.8. The van der Waals surface area contributed by atoms with Crippen LogP contribution in [0.1, 0.15) is 53.5 Å². The molecular weight excluding hydrogens is 362 g/mol. The third kappa shape index (κ3) is 3.20. The average Bonchev–Trinajstić information content (AvgIpc) is 3.20. The zero-order chi connectivity index (χ0) is 20.5. The number of amides is 2. The highest BCUT2D eigenvalue weighted by molar-refractivity contribution is 6.01. The molecule has 4 rings (SSSR count). The van der Waals surface area contributed by atoms with Crippen molar-refractivity contribution in [3.8, 4) is 0 Å². The van der Waals surface area contributed by atoms with Crippen molar-refractivity contribution < 1.29 is 9.59 Å². The molecule has 2 heterocycles. The van der Waals surface area contributed by atoms with Crippen LogP contribution >= 0.6 is 0 Å². The van der Waals surface area contributed by atoms with E-state index in [1.807, 2.05) is 60.0 Å². The van der Waals surface area contributed by atoms with Crippen LogP contribution in [0.5, 0.6) is 0 Å². The van der Waals surface area contributed by atoms with Gasteiger partial charge in [-0.1, -0.05) is 36.4 Å². The summed E-state index contributed by atoms with van der Waals surface area (Å²) >= 11 is 0. The molecule has 0 spiro atoms. The second-order valence-electron chi connectivity index (χ2n) is 7.51. The molecular formula is C24H27N3O2. The number of fused-ring (bicyclic) bond motifs is 2. The molecule has 0 radical (unpaired) electrons. The van der Waals surface area contributed by atoms with Crippen molar-refractivity contribution in [2.45, 2.75) is 33.2 Å². The minimum Gasteiger partial charge on any atom is -0.358 e. The van der Waals surface area contributed by atoms with Gasteiger partial charge in [-0.15, -0.1) is 0 Å². The van der Waals surface area contributed by atoms with Crippen molar-refractivity contribution in [3.05, 3.63) is 70.9 Å². The molecule has 0 unspecified atom stereocenters. The highest BCUT2D eigenvalue weighted by Crippen LogP contribution is 2.42. The summed E-state index contributed by atoms with van der Waals surface area (Å²) in [6.07, 6.45) is 0.333. The largest absolute Gasteiger partial charge is 0.358 e. The number of carbonyl (C=O) groups excluding carboxylic acids is 2. The average molecular weight is 389 g/mol. The fourth-order valence-corrected chi connectivity index (χ4v) is 4.51. The molecule has 0 bridgehead atoms. The molecule has 0 fully saturated rings. The van der Waals surface area contributed by atoms with Gasteiger partial charge in [-0.25, -0.2) is 0 Å². The summed E-state index contributed by atoms with van der Waals surface area (Å²) in [7, 11) is 0. The Hall–Kier alpha value is -3.08. The molecule has 3 aromatic rings. The van der Waals surface area contributed by atoms with E-state index in [1.54, 1.807) is 0 Å². The molecule has 5 nitrogen and oxygen atoms in total. The summed E-state index contributed by atoms with van der Waals surface area (Å²) in [4.78, 5) is 33.0. The van der Waals surface area contributed by atoms with Crippen molar-refractivity contribution in [2.75, 3.05) is 19.6 Å². The Labute approximate surface area is 171 Å². The lowest BCUT2D eigenvalue weighted by atomic mass is 9.95. The van der Waals surface area contributed by atoms with E-state index < -0.39 is 0 Å². The summed E-state index contributed by atoms with van der Waals surface area (Å²) in [5.74, 6) is 0.0933. The van der Waals surface area contributed by atoms with Gasteiger partial charge in [-0.05, 0) is 38.5 Å². The van der Waals surface area contributed by atoms with Crippen molar-refractivity contribution in [2.24, 2.45) is 0 Å². The van der Waals surface area contributed by atoms with Crippen LogP contribution in [-0.4, -0.2) is 46.2 Å². The first-order valence-corrected chi connectivity index (χ1v) is 10.3. The molecule has 1 aromatic heterocycles. The SMILES string of the molecule is CCN(CC)C(=O)CCN1C(=O)c2ccccc2[C@H]1c1c(C)[nH]c2ccccc12. The number of aryl methyl sites for hydroxylation is 1. The molecule has 1 atom stereocenters. The Balaban J connectivity index is 1.75. The lowest BCUT2D eigenvalue weighted by Gasteiger charge is -2.27. The van der Waals surface area contributed by atoms with Crippen molar-refractivity contribution in [3.63, 3.8) is 0 Å². The van der Waals surface area contributed by atoms with Gasteiger partial charge in [0.05, 0.1) is 6.04 Å². The third-order valence-electron chi connectivity index (χ3n) is 5.96. The monoisotopic (exact) mass is 389 g/mol. The molecule has 5 heteroatoms. The fraction of sp³-hybridized carbons (Fsp3) is 0.333. The Morgan fingerprint density at radius 3 is 2.52 bits per heavy atom. The number of nitrogens with zero attached hydrogens (tertiary/aromatic N) is 2. The highest BCUT2D eigenvalue weighted by Gasteiger charge is 2.39. The Morgan fingerprint density at radius 2 is 1.76 bits per heavy atom. The Bertz CT molecular complexity index is 1060. The van der Waals surface area contributed by atoms with Gasteiger partial charge in [0.1, 0.15) is 0 Å². The molecule has 2 aromatic carbocycles. The Kier molecular flexibility index (Phi) is 5.14. The number of benzene rings is 2. The Morgan fingerprint density at radius 1 is 1.07 bits per heavy atom. The van der Waals surface area contributed by atoms with E-state index >= 15 is 0 Å². The quantitative estimate of drug-likeness (QED) is 0.684. The number of hydrogen-bond donors (Lipinski definition) is 1. The van der Waals surface area contributed by atoms with Crippen molar-refractivity contribution in [1.82, 2.24) is 14.8 Å². The minimum atomic E-state index is -0.181. The van der Waals surface area contributed by atoms with Gasteiger partial charge in [-0.3, -0.25) is 9.59 Å². The summed E-state index contributed by atoms with van der Waals surface area (Å²) in [6.45, 7) is 7.81. The van der Waals surface area contributed by atoms with Crippen LogP contribution in [0, 0.1) is 6.92 Å². The second-order valence-corrected chi connectivity index (χ2v) is 7.51. The minimum absolute atomic E-state index is 0.00243. The van der Waals surface area contributed by atoms with Crippen LogP contribution < -0.4 is 0 Å². The standard InChI is InChI=1S/C24H27N3O2/c1-4-26(5-2)21(28)14-15-27-23(17-10-6-7-11-18(17)24(27)29)22-16(3)25-20-13-9-8-12-19(20)22/h6-13,23,25H,4-5,14-15H2,1-3H3/t23-/m0/s1. The molecule has 29 heavy (non-hydrogen) atoms. The molecule has 1 N–H and O–H groups in total. The van der Waals surface area contributed by atoms with Crippen LogP contribution in [0.4, 0.5) is 0 Å². The van der Waals surface area contributed by atoms with E-state index in [4.69, 9.17) is 0 Å². The smallest absolute Gasteiger partial charge is 0.255 e. The van der Waals surface area contributed by atoms with Gasteiger partial charge in [0.25, 0.3) is 5.91 Å². The number of H-pyrrole nitrogens is 1.